The minimum atomic E-state index is 0.650. The standard InChI is InChI=1S/C15H25N3/c1-12(2)6-15-11-18(5-4-17-15)10-14-7-13(3)8-16-9-14/h7-9,12,15,17H,4-6,10-11H2,1-3H3. The van der Waals surface area contributed by atoms with Crippen LogP contribution in [0.25, 0.3) is 0 Å². The molecule has 100 valence electrons. The minimum Gasteiger partial charge on any atom is -0.311 e. The van der Waals surface area contributed by atoms with E-state index in [4.69, 9.17) is 0 Å². The van der Waals surface area contributed by atoms with E-state index in [1.54, 1.807) is 0 Å². The first-order valence-corrected chi connectivity index (χ1v) is 7.00. The lowest BCUT2D eigenvalue weighted by molar-refractivity contribution is 0.179. The van der Waals surface area contributed by atoms with Gasteiger partial charge in [-0.1, -0.05) is 19.9 Å². The number of nitrogens with zero attached hydrogens (tertiary/aromatic N) is 2. The smallest absolute Gasteiger partial charge is 0.0313 e. The molecule has 2 rings (SSSR count). The predicted octanol–water partition coefficient (Wildman–Crippen LogP) is 2.21. The van der Waals surface area contributed by atoms with Crippen molar-refractivity contribution in [2.24, 2.45) is 5.92 Å². The van der Waals surface area contributed by atoms with Crippen LogP contribution in [0.5, 0.6) is 0 Å². The van der Waals surface area contributed by atoms with Gasteiger partial charge in [0.25, 0.3) is 0 Å². The Morgan fingerprint density at radius 2 is 2.28 bits per heavy atom. The van der Waals surface area contributed by atoms with E-state index >= 15 is 0 Å². The molecule has 0 bridgehead atoms. The van der Waals surface area contributed by atoms with Gasteiger partial charge in [0.15, 0.2) is 0 Å². The Morgan fingerprint density at radius 3 is 3.00 bits per heavy atom. The lowest BCUT2D eigenvalue weighted by Gasteiger charge is -2.34. The van der Waals surface area contributed by atoms with E-state index in [1.807, 2.05) is 12.4 Å². The first-order chi connectivity index (χ1) is 8.63. The van der Waals surface area contributed by atoms with Gasteiger partial charge in [0.2, 0.25) is 0 Å². The largest absolute Gasteiger partial charge is 0.311 e. The van der Waals surface area contributed by atoms with Gasteiger partial charge >= 0.3 is 0 Å². The van der Waals surface area contributed by atoms with Crippen molar-refractivity contribution in [1.82, 2.24) is 15.2 Å². The number of pyridine rings is 1. The molecule has 0 aromatic carbocycles. The lowest BCUT2D eigenvalue weighted by atomic mass is 10.0. The second kappa shape index (κ2) is 6.30. The van der Waals surface area contributed by atoms with Gasteiger partial charge in [-0.15, -0.1) is 0 Å². The van der Waals surface area contributed by atoms with Gasteiger partial charge in [-0.3, -0.25) is 9.88 Å². The molecule has 2 heterocycles. The average Bonchev–Trinajstić information content (AvgIpc) is 2.28. The second-order valence-electron chi connectivity index (χ2n) is 5.89. The third-order valence-corrected chi connectivity index (χ3v) is 3.43. The number of aryl methyl sites for hydroxylation is 1. The molecule has 0 radical (unpaired) electrons. The fourth-order valence-electron chi connectivity index (χ4n) is 2.73. The summed E-state index contributed by atoms with van der Waals surface area (Å²) < 4.78 is 0. The van der Waals surface area contributed by atoms with Crippen molar-refractivity contribution < 1.29 is 0 Å². The van der Waals surface area contributed by atoms with E-state index in [0.29, 0.717) is 6.04 Å². The second-order valence-corrected chi connectivity index (χ2v) is 5.89. The molecule has 18 heavy (non-hydrogen) atoms. The van der Waals surface area contributed by atoms with Crippen molar-refractivity contribution in [3.63, 3.8) is 0 Å². The number of piperazine rings is 1. The maximum atomic E-state index is 4.27. The van der Waals surface area contributed by atoms with Gasteiger partial charge in [-0.05, 0) is 30.4 Å². The maximum absolute atomic E-state index is 4.27. The Kier molecular flexibility index (Phi) is 4.72. The van der Waals surface area contributed by atoms with E-state index in [9.17, 15) is 0 Å². The van der Waals surface area contributed by atoms with Crippen LogP contribution in [0.4, 0.5) is 0 Å². The van der Waals surface area contributed by atoms with Crippen molar-refractivity contribution in [3.8, 4) is 0 Å². The molecule has 0 spiro atoms. The summed E-state index contributed by atoms with van der Waals surface area (Å²) in [6, 6.07) is 2.89. The number of aromatic nitrogens is 1. The number of hydrogen-bond donors (Lipinski definition) is 1. The molecule has 1 aromatic heterocycles. The Bertz CT molecular complexity index is 376. The van der Waals surface area contributed by atoms with Crippen LogP contribution in [0.1, 0.15) is 31.4 Å². The molecule has 0 amide bonds. The highest BCUT2D eigenvalue weighted by Gasteiger charge is 2.19. The zero-order valence-corrected chi connectivity index (χ0v) is 11.8. The van der Waals surface area contributed by atoms with E-state index in [1.165, 1.54) is 17.5 Å². The van der Waals surface area contributed by atoms with Crippen LogP contribution in [0.3, 0.4) is 0 Å². The fourth-order valence-corrected chi connectivity index (χ4v) is 2.73. The van der Waals surface area contributed by atoms with Crippen molar-refractivity contribution in [1.29, 1.82) is 0 Å². The van der Waals surface area contributed by atoms with E-state index < -0.39 is 0 Å². The summed E-state index contributed by atoms with van der Waals surface area (Å²) in [5.74, 6) is 0.767. The fraction of sp³-hybridized carbons (Fsp3) is 0.667. The van der Waals surface area contributed by atoms with Crippen LogP contribution < -0.4 is 5.32 Å². The molecule has 1 saturated heterocycles. The van der Waals surface area contributed by atoms with Crippen LogP contribution in [0.2, 0.25) is 0 Å². The van der Waals surface area contributed by atoms with Crippen molar-refractivity contribution in [2.45, 2.75) is 39.8 Å². The normalized spacial score (nSPS) is 21.4. The summed E-state index contributed by atoms with van der Waals surface area (Å²) >= 11 is 0. The number of rotatable bonds is 4. The highest BCUT2D eigenvalue weighted by molar-refractivity contribution is 5.16. The summed E-state index contributed by atoms with van der Waals surface area (Å²) in [5.41, 5.74) is 2.58. The molecule has 1 aliphatic rings. The molecule has 1 atom stereocenters. The molecular formula is C15H25N3. The summed E-state index contributed by atoms with van der Waals surface area (Å²) in [7, 11) is 0. The Morgan fingerprint density at radius 1 is 1.44 bits per heavy atom. The van der Waals surface area contributed by atoms with Gasteiger partial charge in [-0.25, -0.2) is 0 Å². The molecular weight excluding hydrogens is 222 g/mol. The zero-order valence-electron chi connectivity index (χ0n) is 11.8. The van der Waals surface area contributed by atoms with Gasteiger partial charge in [0.1, 0.15) is 0 Å². The Hall–Kier alpha value is -0.930. The lowest BCUT2D eigenvalue weighted by Crippen LogP contribution is -2.50. The van der Waals surface area contributed by atoms with E-state index in [2.05, 4.69) is 42.0 Å². The molecule has 1 aliphatic heterocycles. The Labute approximate surface area is 111 Å². The molecule has 1 aromatic rings. The van der Waals surface area contributed by atoms with Crippen molar-refractivity contribution >= 4 is 0 Å². The Balaban J connectivity index is 1.89. The van der Waals surface area contributed by atoms with Crippen LogP contribution in [-0.2, 0) is 6.54 Å². The summed E-state index contributed by atoms with van der Waals surface area (Å²) in [6.07, 6.45) is 5.18. The SMILES string of the molecule is Cc1cncc(CN2CCNC(CC(C)C)C2)c1. The first kappa shape index (κ1) is 13.5. The van der Waals surface area contributed by atoms with Crippen LogP contribution in [0, 0.1) is 12.8 Å². The van der Waals surface area contributed by atoms with Crippen LogP contribution in [0.15, 0.2) is 18.5 Å². The highest BCUT2D eigenvalue weighted by Crippen LogP contribution is 2.12. The van der Waals surface area contributed by atoms with E-state index in [-0.39, 0.29) is 0 Å². The number of hydrogen-bond acceptors (Lipinski definition) is 3. The van der Waals surface area contributed by atoms with Crippen LogP contribution >= 0.6 is 0 Å². The molecule has 0 saturated carbocycles. The zero-order chi connectivity index (χ0) is 13.0. The highest BCUT2D eigenvalue weighted by atomic mass is 15.2. The van der Waals surface area contributed by atoms with Gasteiger partial charge in [-0.2, -0.15) is 0 Å². The van der Waals surface area contributed by atoms with E-state index in [0.717, 1.165) is 32.1 Å². The minimum absolute atomic E-state index is 0.650. The number of nitrogens with one attached hydrogen (secondary N) is 1. The molecule has 3 nitrogen and oxygen atoms in total. The summed E-state index contributed by atoms with van der Waals surface area (Å²) in [5, 5.41) is 3.62. The summed E-state index contributed by atoms with van der Waals surface area (Å²) in [6.45, 7) is 11.1. The molecule has 1 fully saturated rings. The third kappa shape index (κ3) is 4.07. The van der Waals surface area contributed by atoms with Crippen molar-refractivity contribution in [3.05, 3.63) is 29.6 Å². The quantitative estimate of drug-likeness (QED) is 0.884. The first-order valence-electron chi connectivity index (χ1n) is 7.00. The monoisotopic (exact) mass is 247 g/mol. The molecule has 1 N–H and O–H groups in total. The summed E-state index contributed by atoms with van der Waals surface area (Å²) in [4.78, 5) is 6.82. The topological polar surface area (TPSA) is 28.2 Å². The molecule has 1 unspecified atom stereocenters. The predicted molar refractivity (Wildman–Crippen MR) is 75.5 cm³/mol. The van der Waals surface area contributed by atoms with Crippen LogP contribution in [-0.4, -0.2) is 35.6 Å². The van der Waals surface area contributed by atoms with Crippen molar-refractivity contribution in [2.75, 3.05) is 19.6 Å². The maximum Gasteiger partial charge on any atom is 0.0313 e. The third-order valence-electron chi connectivity index (χ3n) is 3.43. The van der Waals surface area contributed by atoms with Gasteiger partial charge < -0.3 is 5.32 Å². The van der Waals surface area contributed by atoms with Gasteiger partial charge in [0.05, 0.1) is 0 Å². The molecule has 0 aliphatic carbocycles. The van der Waals surface area contributed by atoms with Gasteiger partial charge in [0, 0.05) is 44.6 Å². The molecule has 3 heteroatoms. The average molecular weight is 247 g/mol.